The lowest BCUT2D eigenvalue weighted by Gasteiger charge is -2.11. The van der Waals surface area contributed by atoms with Crippen molar-refractivity contribution >= 4 is 40.2 Å². The van der Waals surface area contributed by atoms with Gasteiger partial charge < -0.3 is 14.2 Å². The second-order valence-corrected chi connectivity index (χ2v) is 7.11. The molecule has 1 aromatic heterocycles. The average Bonchev–Trinajstić information content (AvgIpc) is 2.72. The zero-order chi connectivity index (χ0) is 20.1. The molecule has 146 valence electrons. The summed E-state index contributed by atoms with van der Waals surface area (Å²) in [7, 11) is 1.52. The maximum atomic E-state index is 12.4. The van der Waals surface area contributed by atoms with Crippen molar-refractivity contribution in [2.24, 2.45) is 0 Å². The number of methoxy groups -OCH3 is 1. The summed E-state index contributed by atoms with van der Waals surface area (Å²) in [6.45, 7) is 2.41. The molecule has 3 rings (SSSR count). The van der Waals surface area contributed by atoms with Crippen LogP contribution in [0.2, 0.25) is 5.15 Å². The summed E-state index contributed by atoms with van der Waals surface area (Å²) in [4.78, 5) is 18.0. The summed E-state index contributed by atoms with van der Waals surface area (Å²) in [6.07, 6.45) is 2.01. The smallest absolute Gasteiger partial charge is 0.338 e. The van der Waals surface area contributed by atoms with Crippen LogP contribution in [-0.4, -0.2) is 30.9 Å². The largest absolute Gasteiger partial charge is 0.493 e. The molecule has 0 amide bonds. The first-order valence-corrected chi connectivity index (χ1v) is 10.3. The molecule has 0 aliphatic heterocycles. The first-order chi connectivity index (χ1) is 13.5. The number of carbonyl (C=O) groups excluding carboxylic acids is 1. The maximum absolute atomic E-state index is 12.4. The van der Waals surface area contributed by atoms with Gasteiger partial charge in [-0.25, -0.2) is 9.78 Å². The molecule has 2 aromatic carbocycles. The molecule has 0 aliphatic carbocycles. The first-order valence-electron chi connectivity index (χ1n) is 8.66. The number of fused-ring (bicyclic) bond motifs is 1. The number of aromatic nitrogens is 1. The van der Waals surface area contributed by atoms with Crippen LogP contribution in [0.25, 0.3) is 10.9 Å². The van der Waals surface area contributed by atoms with E-state index in [9.17, 15) is 4.79 Å². The molecular formula is C21H20ClNO4S. The van der Waals surface area contributed by atoms with Crippen molar-refractivity contribution in [3.05, 3.63) is 58.7 Å². The molecule has 0 spiro atoms. The fraction of sp³-hybridized carbons (Fsp3) is 0.238. The van der Waals surface area contributed by atoms with Crippen molar-refractivity contribution in [1.82, 2.24) is 4.98 Å². The maximum Gasteiger partial charge on any atom is 0.338 e. The molecule has 3 aromatic rings. The Labute approximate surface area is 173 Å². The van der Waals surface area contributed by atoms with Gasteiger partial charge in [-0.1, -0.05) is 17.7 Å². The number of hydrogen-bond donors (Lipinski definition) is 0. The third-order valence-electron chi connectivity index (χ3n) is 4.11. The normalized spacial score (nSPS) is 10.7. The number of hydrogen-bond acceptors (Lipinski definition) is 6. The Balaban J connectivity index is 1.76. The molecule has 7 heteroatoms. The third-order valence-corrected chi connectivity index (χ3v) is 5.16. The minimum atomic E-state index is -0.477. The fourth-order valence-electron chi connectivity index (χ4n) is 2.69. The second kappa shape index (κ2) is 9.17. The van der Waals surface area contributed by atoms with E-state index in [4.69, 9.17) is 25.8 Å². The molecule has 0 aliphatic rings. The highest BCUT2D eigenvalue weighted by molar-refractivity contribution is 7.98. The number of benzene rings is 2. The van der Waals surface area contributed by atoms with Gasteiger partial charge in [-0.2, -0.15) is 0 Å². The Bertz CT molecular complexity index is 1010. The Hall–Kier alpha value is -2.44. The highest BCUT2D eigenvalue weighted by atomic mass is 35.5. The van der Waals surface area contributed by atoms with Crippen molar-refractivity contribution in [3.63, 3.8) is 0 Å². The standard InChI is InChI=1S/C21H20ClNO4S/c1-4-26-18-8-6-14(10-19(18)25-2)21(24)27-12-15-9-13-5-7-16(28-3)11-17(13)23-20(15)22/h5-11H,4,12H2,1-3H3. The minimum Gasteiger partial charge on any atom is -0.493 e. The molecule has 0 saturated carbocycles. The van der Waals surface area contributed by atoms with E-state index in [-0.39, 0.29) is 6.61 Å². The molecule has 0 atom stereocenters. The highest BCUT2D eigenvalue weighted by Crippen LogP contribution is 2.29. The number of halogens is 1. The first kappa shape index (κ1) is 20.3. The molecule has 5 nitrogen and oxygen atoms in total. The molecule has 0 radical (unpaired) electrons. The molecule has 0 fully saturated rings. The summed E-state index contributed by atoms with van der Waals surface area (Å²) in [5.41, 5.74) is 1.83. The average molecular weight is 418 g/mol. The van der Waals surface area contributed by atoms with Crippen molar-refractivity contribution in [2.75, 3.05) is 20.0 Å². The minimum absolute atomic E-state index is 0.0282. The van der Waals surface area contributed by atoms with Crippen molar-refractivity contribution in [3.8, 4) is 11.5 Å². The van der Waals surface area contributed by atoms with Gasteiger partial charge in [-0.3, -0.25) is 0 Å². The number of thioether (sulfide) groups is 1. The van der Waals surface area contributed by atoms with Gasteiger partial charge >= 0.3 is 5.97 Å². The quantitative estimate of drug-likeness (QED) is 0.292. The number of esters is 1. The van der Waals surface area contributed by atoms with Gasteiger partial charge in [0.05, 0.1) is 24.8 Å². The van der Waals surface area contributed by atoms with E-state index in [1.165, 1.54) is 7.11 Å². The van der Waals surface area contributed by atoms with Crippen LogP contribution in [0.1, 0.15) is 22.8 Å². The van der Waals surface area contributed by atoms with E-state index in [0.29, 0.717) is 34.4 Å². The van der Waals surface area contributed by atoms with Crippen LogP contribution < -0.4 is 9.47 Å². The lowest BCUT2D eigenvalue weighted by molar-refractivity contribution is 0.0472. The molecule has 0 saturated heterocycles. The molecule has 28 heavy (non-hydrogen) atoms. The van der Waals surface area contributed by atoms with Gasteiger partial charge in [0.2, 0.25) is 0 Å². The van der Waals surface area contributed by atoms with Gasteiger partial charge in [-0.15, -0.1) is 11.8 Å². The zero-order valence-corrected chi connectivity index (χ0v) is 17.4. The number of nitrogens with zero attached hydrogens (tertiary/aromatic N) is 1. The Kier molecular flexibility index (Phi) is 6.65. The molecule has 0 unspecified atom stereocenters. The van der Waals surface area contributed by atoms with E-state index in [2.05, 4.69) is 4.98 Å². The molecular weight excluding hydrogens is 398 g/mol. The Morgan fingerprint density at radius 2 is 1.96 bits per heavy atom. The van der Waals surface area contributed by atoms with Crippen LogP contribution in [0, 0.1) is 0 Å². The summed E-state index contributed by atoms with van der Waals surface area (Å²) in [5, 5.41) is 1.26. The Morgan fingerprint density at radius 3 is 2.68 bits per heavy atom. The summed E-state index contributed by atoms with van der Waals surface area (Å²) in [5.74, 6) is 0.578. The topological polar surface area (TPSA) is 57.7 Å². The molecule has 1 heterocycles. The van der Waals surface area contributed by atoms with Crippen molar-refractivity contribution < 1.29 is 19.0 Å². The number of carbonyl (C=O) groups is 1. The summed E-state index contributed by atoms with van der Waals surface area (Å²) >= 11 is 7.93. The lowest BCUT2D eigenvalue weighted by Crippen LogP contribution is -2.07. The fourth-order valence-corrected chi connectivity index (χ4v) is 3.33. The van der Waals surface area contributed by atoms with E-state index in [1.807, 2.05) is 37.4 Å². The lowest BCUT2D eigenvalue weighted by atomic mass is 10.1. The SMILES string of the molecule is CCOc1ccc(C(=O)OCc2cc3ccc(SC)cc3nc2Cl)cc1OC. The second-order valence-electron chi connectivity index (χ2n) is 5.87. The van der Waals surface area contributed by atoms with E-state index in [0.717, 1.165) is 15.8 Å². The van der Waals surface area contributed by atoms with Gasteiger partial charge in [0, 0.05) is 15.8 Å². The van der Waals surface area contributed by atoms with Crippen LogP contribution >= 0.6 is 23.4 Å². The monoisotopic (exact) mass is 417 g/mol. The summed E-state index contributed by atoms with van der Waals surface area (Å²) < 4.78 is 16.2. The van der Waals surface area contributed by atoms with Gasteiger partial charge in [-0.05, 0) is 49.6 Å². The predicted octanol–water partition coefficient (Wildman–Crippen LogP) is 5.37. The van der Waals surface area contributed by atoms with Gasteiger partial charge in [0.1, 0.15) is 11.8 Å². The third kappa shape index (κ3) is 4.51. The van der Waals surface area contributed by atoms with Crippen LogP contribution in [-0.2, 0) is 11.3 Å². The van der Waals surface area contributed by atoms with Crippen molar-refractivity contribution in [1.29, 1.82) is 0 Å². The van der Waals surface area contributed by atoms with Gasteiger partial charge in [0.15, 0.2) is 11.5 Å². The number of rotatable bonds is 7. The van der Waals surface area contributed by atoms with Crippen LogP contribution in [0.4, 0.5) is 0 Å². The highest BCUT2D eigenvalue weighted by Gasteiger charge is 2.14. The van der Waals surface area contributed by atoms with E-state index in [1.54, 1.807) is 30.0 Å². The molecule has 0 N–H and O–H groups in total. The van der Waals surface area contributed by atoms with Gasteiger partial charge in [0.25, 0.3) is 0 Å². The Morgan fingerprint density at radius 1 is 1.14 bits per heavy atom. The van der Waals surface area contributed by atoms with Crippen LogP contribution in [0.15, 0.2) is 47.4 Å². The number of pyridine rings is 1. The van der Waals surface area contributed by atoms with Crippen molar-refractivity contribution in [2.45, 2.75) is 18.4 Å². The van der Waals surface area contributed by atoms with Crippen LogP contribution in [0.3, 0.4) is 0 Å². The number of ether oxygens (including phenoxy) is 3. The predicted molar refractivity (Wildman–Crippen MR) is 112 cm³/mol. The molecule has 0 bridgehead atoms. The van der Waals surface area contributed by atoms with E-state index < -0.39 is 5.97 Å². The summed E-state index contributed by atoms with van der Waals surface area (Å²) in [6, 6.07) is 12.8. The zero-order valence-electron chi connectivity index (χ0n) is 15.8. The van der Waals surface area contributed by atoms with Crippen LogP contribution in [0.5, 0.6) is 11.5 Å². The van der Waals surface area contributed by atoms with E-state index >= 15 is 0 Å².